The monoisotopic (exact) mass is 290 g/mol. The summed E-state index contributed by atoms with van der Waals surface area (Å²) in [5.74, 6) is 0.945. The van der Waals surface area contributed by atoms with Gasteiger partial charge in [0.25, 0.3) is 0 Å². The molecule has 1 saturated carbocycles. The highest BCUT2D eigenvalue weighted by molar-refractivity contribution is 7.15. The second-order valence-electron chi connectivity index (χ2n) is 6.59. The Kier molecular flexibility index (Phi) is 3.46. The Balaban J connectivity index is 1.94. The molecular weight excluding hydrogens is 268 g/mol. The quantitative estimate of drug-likeness (QED) is 0.914. The summed E-state index contributed by atoms with van der Waals surface area (Å²) in [5, 5.41) is 4.68. The summed E-state index contributed by atoms with van der Waals surface area (Å²) in [6, 6.07) is 2.74. The van der Waals surface area contributed by atoms with Crippen molar-refractivity contribution >= 4 is 11.3 Å². The van der Waals surface area contributed by atoms with Gasteiger partial charge in [-0.2, -0.15) is 0 Å². The summed E-state index contributed by atoms with van der Waals surface area (Å²) in [7, 11) is 0. The topological polar surface area (TPSA) is 38.1 Å². The number of nitrogens with zero attached hydrogens (tertiary/aromatic N) is 1. The SMILES string of the molecule is Cc1occc1-c1nc(C(C)(C)C)c(CNC2CC2)s1. The Morgan fingerprint density at radius 2 is 2.15 bits per heavy atom. The second-order valence-corrected chi connectivity index (χ2v) is 7.67. The molecule has 0 spiro atoms. The lowest BCUT2D eigenvalue weighted by atomic mass is 9.91. The molecule has 0 aliphatic heterocycles. The molecule has 3 nitrogen and oxygen atoms in total. The fourth-order valence-corrected chi connectivity index (χ4v) is 3.60. The van der Waals surface area contributed by atoms with Crippen molar-refractivity contribution in [2.75, 3.05) is 0 Å². The van der Waals surface area contributed by atoms with Gasteiger partial charge in [-0.15, -0.1) is 11.3 Å². The van der Waals surface area contributed by atoms with Gasteiger partial charge in [0.05, 0.1) is 17.5 Å². The van der Waals surface area contributed by atoms with Crippen LogP contribution in [0.15, 0.2) is 16.7 Å². The second kappa shape index (κ2) is 5.01. The van der Waals surface area contributed by atoms with Gasteiger partial charge in [-0.05, 0) is 25.8 Å². The molecule has 0 amide bonds. The minimum atomic E-state index is 0.0763. The maximum Gasteiger partial charge on any atom is 0.127 e. The number of furan rings is 1. The molecule has 2 aromatic rings. The average molecular weight is 290 g/mol. The highest BCUT2D eigenvalue weighted by Crippen LogP contribution is 2.36. The molecule has 1 N–H and O–H groups in total. The first-order chi connectivity index (χ1) is 9.45. The molecular formula is C16H22N2OS. The Morgan fingerprint density at radius 3 is 2.70 bits per heavy atom. The molecule has 2 heterocycles. The Morgan fingerprint density at radius 1 is 1.40 bits per heavy atom. The van der Waals surface area contributed by atoms with Gasteiger partial charge >= 0.3 is 0 Å². The molecule has 0 aromatic carbocycles. The normalized spacial score (nSPS) is 15.8. The van der Waals surface area contributed by atoms with E-state index in [1.165, 1.54) is 23.4 Å². The van der Waals surface area contributed by atoms with Crippen LogP contribution in [-0.2, 0) is 12.0 Å². The molecule has 1 aliphatic rings. The van der Waals surface area contributed by atoms with Crippen molar-refractivity contribution in [2.24, 2.45) is 0 Å². The van der Waals surface area contributed by atoms with Crippen LogP contribution >= 0.6 is 11.3 Å². The van der Waals surface area contributed by atoms with Crippen molar-refractivity contribution in [3.8, 4) is 10.6 Å². The van der Waals surface area contributed by atoms with Gasteiger partial charge in [0.15, 0.2) is 0 Å². The molecule has 0 radical (unpaired) electrons. The molecule has 1 aliphatic carbocycles. The third-order valence-electron chi connectivity index (χ3n) is 3.63. The van der Waals surface area contributed by atoms with Crippen LogP contribution in [0.4, 0.5) is 0 Å². The third-order valence-corrected chi connectivity index (χ3v) is 4.71. The zero-order valence-electron chi connectivity index (χ0n) is 12.6. The first-order valence-corrected chi connectivity index (χ1v) is 8.05. The highest BCUT2D eigenvalue weighted by atomic mass is 32.1. The first kappa shape index (κ1) is 13.8. The third kappa shape index (κ3) is 2.81. The number of aryl methyl sites for hydroxylation is 1. The highest BCUT2D eigenvalue weighted by Gasteiger charge is 2.26. The fraction of sp³-hybridized carbons (Fsp3) is 0.562. The van der Waals surface area contributed by atoms with E-state index < -0.39 is 0 Å². The van der Waals surface area contributed by atoms with Gasteiger partial charge in [0.1, 0.15) is 10.8 Å². The number of thiazole rings is 1. The average Bonchev–Trinajstić information content (AvgIpc) is 2.93. The van der Waals surface area contributed by atoms with E-state index in [0.717, 1.165) is 28.9 Å². The largest absolute Gasteiger partial charge is 0.469 e. The van der Waals surface area contributed by atoms with E-state index in [9.17, 15) is 0 Å². The van der Waals surface area contributed by atoms with Crippen LogP contribution < -0.4 is 5.32 Å². The van der Waals surface area contributed by atoms with Crippen molar-refractivity contribution in [2.45, 2.75) is 58.5 Å². The van der Waals surface area contributed by atoms with Crippen molar-refractivity contribution in [3.63, 3.8) is 0 Å². The van der Waals surface area contributed by atoms with E-state index in [4.69, 9.17) is 9.40 Å². The fourth-order valence-electron chi connectivity index (χ4n) is 2.30. The van der Waals surface area contributed by atoms with Crippen molar-refractivity contribution in [1.29, 1.82) is 0 Å². The van der Waals surface area contributed by atoms with E-state index in [2.05, 4.69) is 26.1 Å². The molecule has 3 rings (SSSR count). The number of nitrogens with one attached hydrogen (secondary N) is 1. The van der Waals surface area contributed by atoms with Crippen LogP contribution in [0.2, 0.25) is 0 Å². The lowest BCUT2D eigenvalue weighted by Gasteiger charge is -2.17. The van der Waals surface area contributed by atoms with Gasteiger partial charge in [0, 0.05) is 22.9 Å². The van der Waals surface area contributed by atoms with Crippen molar-refractivity contribution < 1.29 is 4.42 Å². The maximum absolute atomic E-state index is 5.41. The van der Waals surface area contributed by atoms with Crippen LogP contribution in [0.3, 0.4) is 0 Å². The minimum absolute atomic E-state index is 0.0763. The Labute approximate surface area is 124 Å². The van der Waals surface area contributed by atoms with Gasteiger partial charge < -0.3 is 9.73 Å². The molecule has 20 heavy (non-hydrogen) atoms. The lowest BCUT2D eigenvalue weighted by Crippen LogP contribution is -2.19. The smallest absolute Gasteiger partial charge is 0.127 e. The van der Waals surface area contributed by atoms with Crippen LogP contribution in [0, 0.1) is 6.92 Å². The van der Waals surface area contributed by atoms with Crippen LogP contribution in [-0.4, -0.2) is 11.0 Å². The van der Waals surface area contributed by atoms with Crippen molar-refractivity contribution in [1.82, 2.24) is 10.3 Å². The Bertz CT molecular complexity index is 602. The van der Waals surface area contributed by atoms with E-state index in [0.29, 0.717) is 0 Å². The zero-order valence-corrected chi connectivity index (χ0v) is 13.4. The maximum atomic E-state index is 5.41. The summed E-state index contributed by atoms with van der Waals surface area (Å²) in [5.41, 5.74) is 2.41. The first-order valence-electron chi connectivity index (χ1n) is 7.23. The van der Waals surface area contributed by atoms with E-state index in [1.54, 1.807) is 17.6 Å². The molecule has 4 heteroatoms. The number of rotatable bonds is 4. The van der Waals surface area contributed by atoms with Crippen LogP contribution in [0.25, 0.3) is 10.6 Å². The molecule has 0 bridgehead atoms. The molecule has 0 atom stereocenters. The minimum Gasteiger partial charge on any atom is -0.469 e. The molecule has 2 aromatic heterocycles. The molecule has 0 unspecified atom stereocenters. The predicted octanol–water partition coefficient (Wildman–Crippen LogP) is 4.26. The van der Waals surface area contributed by atoms with Gasteiger partial charge in [-0.25, -0.2) is 4.98 Å². The van der Waals surface area contributed by atoms with E-state index in [-0.39, 0.29) is 5.41 Å². The molecule has 108 valence electrons. The number of hydrogen-bond donors (Lipinski definition) is 1. The summed E-state index contributed by atoms with van der Waals surface area (Å²) >= 11 is 1.79. The summed E-state index contributed by atoms with van der Waals surface area (Å²) in [6.07, 6.45) is 4.37. The van der Waals surface area contributed by atoms with Crippen LogP contribution in [0.1, 0.15) is 49.9 Å². The summed E-state index contributed by atoms with van der Waals surface area (Å²) < 4.78 is 5.41. The summed E-state index contributed by atoms with van der Waals surface area (Å²) in [4.78, 5) is 6.26. The van der Waals surface area contributed by atoms with Crippen LogP contribution in [0.5, 0.6) is 0 Å². The zero-order chi connectivity index (χ0) is 14.3. The number of hydrogen-bond acceptors (Lipinski definition) is 4. The molecule has 0 saturated heterocycles. The Hall–Kier alpha value is -1.13. The number of aromatic nitrogens is 1. The standard InChI is InChI=1S/C16H22N2OS/c1-10-12(7-8-19-10)15-18-14(16(2,3)4)13(20-15)9-17-11-5-6-11/h7-8,11,17H,5-6,9H2,1-4H3. The molecule has 1 fully saturated rings. The van der Waals surface area contributed by atoms with Gasteiger partial charge in [0.2, 0.25) is 0 Å². The lowest BCUT2D eigenvalue weighted by molar-refractivity contribution is 0.535. The van der Waals surface area contributed by atoms with E-state index in [1.807, 2.05) is 13.0 Å². The van der Waals surface area contributed by atoms with Gasteiger partial charge in [-0.1, -0.05) is 20.8 Å². The predicted molar refractivity (Wildman–Crippen MR) is 83.1 cm³/mol. The summed E-state index contributed by atoms with van der Waals surface area (Å²) in [6.45, 7) is 9.62. The van der Waals surface area contributed by atoms with Gasteiger partial charge in [-0.3, -0.25) is 0 Å². The van der Waals surface area contributed by atoms with Crippen molar-refractivity contribution in [3.05, 3.63) is 28.7 Å². The van der Waals surface area contributed by atoms with E-state index >= 15 is 0 Å².